The van der Waals surface area contributed by atoms with Gasteiger partial charge in [0.2, 0.25) is 0 Å². The first-order chi connectivity index (χ1) is 10.1. The van der Waals surface area contributed by atoms with Gasteiger partial charge in [-0.05, 0) is 24.3 Å². The van der Waals surface area contributed by atoms with Gasteiger partial charge >= 0.3 is 0 Å². The fraction of sp³-hybridized carbons (Fsp3) is 0.133. The Morgan fingerprint density at radius 2 is 1.95 bits per heavy atom. The van der Waals surface area contributed by atoms with Gasteiger partial charge in [0.1, 0.15) is 5.75 Å². The molecule has 0 aliphatic heterocycles. The van der Waals surface area contributed by atoms with Crippen LogP contribution >= 0.6 is 23.2 Å². The molecule has 4 nitrogen and oxygen atoms in total. The number of hydrogen-bond donors (Lipinski definition) is 2. The van der Waals surface area contributed by atoms with E-state index in [1.807, 2.05) is 18.2 Å². The Morgan fingerprint density at radius 3 is 2.67 bits per heavy atom. The second-order valence-corrected chi connectivity index (χ2v) is 5.18. The van der Waals surface area contributed by atoms with E-state index in [0.29, 0.717) is 22.3 Å². The molecule has 0 aliphatic carbocycles. The van der Waals surface area contributed by atoms with Gasteiger partial charge in [-0.3, -0.25) is 4.79 Å². The summed E-state index contributed by atoms with van der Waals surface area (Å²) in [5.74, 6) is 0.0902. The molecular weight excluding hydrogens is 311 g/mol. The van der Waals surface area contributed by atoms with E-state index in [-0.39, 0.29) is 6.61 Å². The standard InChI is InChI=1S/C15H14Cl2N2O2/c16-11-5-6-13(12(17)7-11)19-8-10-3-1-2-4-14(10)21-9-15(18)20/h1-7,19H,8-9H2,(H2,18,20). The molecule has 2 aromatic rings. The van der Waals surface area contributed by atoms with Crippen LogP contribution in [0, 0.1) is 0 Å². The molecule has 21 heavy (non-hydrogen) atoms. The van der Waals surface area contributed by atoms with Gasteiger partial charge in [-0.25, -0.2) is 0 Å². The monoisotopic (exact) mass is 324 g/mol. The Hall–Kier alpha value is -1.91. The largest absolute Gasteiger partial charge is 0.483 e. The van der Waals surface area contributed by atoms with E-state index >= 15 is 0 Å². The van der Waals surface area contributed by atoms with Crippen molar-refractivity contribution in [3.8, 4) is 5.75 Å². The third-order valence-corrected chi connectivity index (χ3v) is 3.29. The second-order valence-electron chi connectivity index (χ2n) is 4.34. The summed E-state index contributed by atoms with van der Waals surface area (Å²) in [6.45, 7) is 0.342. The quantitative estimate of drug-likeness (QED) is 0.855. The fourth-order valence-electron chi connectivity index (χ4n) is 1.76. The number of hydrogen-bond acceptors (Lipinski definition) is 3. The van der Waals surface area contributed by atoms with E-state index in [4.69, 9.17) is 33.7 Å². The molecule has 0 spiro atoms. The van der Waals surface area contributed by atoms with Crippen LogP contribution in [0.4, 0.5) is 5.69 Å². The summed E-state index contributed by atoms with van der Waals surface area (Å²) in [6.07, 6.45) is 0. The first-order valence-corrected chi connectivity index (χ1v) is 7.00. The lowest BCUT2D eigenvalue weighted by atomic mass is 10.2. The van der Waals surface area contributed by atoms with Crippen molar-refractivity contribution in [2.45, 2.75) is 6.54 Å². The van der Waals surface area contributed by atoms with Crippen LogP contribution < -0.4 is 15.8 Å². The lowest BCUT2D eigenvalue weighted by Crippen LogP contribution is -2.20. The van der Waals surface area contributed by atoms with Crippen LogP contribution in [0.5, 0.6) is 5.75 Å². The molecule has 0 atom stereocenters. The van der Waals surface area contributed by atoms with Crippen molar-refractivity contribution in [1.29, 1.82) is 0 Å². The van der Waals surface area contributed by atoms with Crippen molar-refractivity contribution < 1.29 is 9.53 Å². The summed E-state index contributed by atoms with van der Waals surface area (Å²) < 4.78 is 5.37. The topological polar surface area (TPSA) is 64.4 Å². The molecule has 110 valence electrons. The summed E-state index contributed by atoms with van der Waals surface area (Å²) in [7, 11) is 0. The van der Waals surface area contributed by atoms with E-state index in [9.17, 15) is 4.79 Å². The molecule has 2 aromatic carbocycles. The number of carbonyl (C=O) groups excluding carboxylic acids is 1. The zero-order valence-electron chi connectivity index (χ0n) is 11.1. The lowest BCUT2D eigenvalue weighted by molar-refractivity contribution is -0.119. The van der Waals surface area contributed by atoms with Gasteiger partial charge in [0.25, 0.3) is 5.91 Å². The van der Waals surface area contributed by atoms with Crippen molar-refractivity contribution in [3.05, 3.63) is 58.1 Å². The van der Waals surface area contributed by atoms with Crippen LogP contribution in [0.3, 0.4) is 0 Å². The van der Waals surface area contributed by atoms with E-state index in [1.54, 1.807) is 24.3 Å². The number of anilines is 1. The Bertz CT molecular complexity index is 647. The molecule has 2 rings (SSSR count). The number of amides is 1. The number of benzene rings is 2. The van der Waals surface area contributed by atoms with Gasteiger partial charge in [-0.2, -0.15) is 0 Å². The first kappa shape index (κ1) is 15.5. The smallest absolute Gasteiger partial charge is 0.255 e. The minimum absolute atomic E-state index is 0.154. The Balaban J connectivity index is 2.07. The number of nitrogens with one attached hydrogen (secondary N) is 1. The van der Waals surface area contributed by atoms with Gasteiger partial charge in [0.05, 0.1) is 10.7 Å². The molecule has 0 fully saturated rings. The van der Waals surface area contributed by atoms with Crippen LogP contribution in [0.1, 0.15) is 5.56 Å². The minimum atomic E-state index is -0.515. The summed E-state index contributed by atoms with van der Waals surface area (Å²) >= 11 is 12.0. The molecule has 6 heteroatoms. The van der Waals surface area contributed by atoms with Gasteiger partial charge in [0, 0.05) is 17.1 Å². The average Bonchev–Trinajstić information content (AvgIpc) is 2.45. The minimum Gasteiger partial charge on any atom is -0.483 e. The molecule has 1 amide bonds. The summed E-state index contributed by atoms with van der Waals surface area (Å²) in [6, 6.07) is 12.6. The van der Waals surface area contributed by atoms with E-state index in [0.717, 1.165) is 11.3 Å². The Labute approximate surface area is 132 Å². The van der Waals surface area contributed by atoms with Crippen LogP contribution in [-0.4, -0.2) is 12.5 Å². The summed E-state index contributed by atoms with van der Waals surface area (Å²) in [5, 5.41) is 4.32. The number of nitrogens with two attached hydrogens (primary N) is 1. The number of carbonyl (C=O) groups is 1. The zero-order chi connectivity index (χ0) is 15.2. The molecule has 0 aliphatic rings. The Kier molecular flexibility index (Phi) is 5.31. The van der Waals surface area contributed by atoms with Gasteiger partial charge in [-0.1, -0.05) is 41.4 Å². The molecule has 0 heterocycles. The molecule has 0 unspecified atom stereocenters. The Morgan fingerprint density at radius 1 is 1.19 bits per heavy atom. The zero-order valence-corrected chi connectivity index (χ0v) is 12.6. The second kappa shape index (κ2) is 7.20. The molecule has 0 saturated heterocycles. The van der Waals surface area contributed by atoms with Gasteiger partial charge in [-0.15, -0.1) is 0 Å². The van der Waals surface area contributed by atoms with E-state index < -0.39 is 5.91 Å². The highest BCUT2D eigenvalue weighted by Gasteiger charge is 2.06. The SMILES string of the molecule is NC(=O)COc1ccccc1CNc1ccc(Cl)cc1Cl. The number of rotatable bonds is 6. The predicted octanol–water partition coefficient (Wildman–Crippen LogP) is 3.47. The highest BCUT2D eigenvalue weighted by Crippen LogP contribution is 2.27. The molecule has 0 aromatic heterocycles. The fourth-order valence-corrected chi connectivity index (χ4v) is 2.24. The van der Waals surface area contributed by atoms with Crippen molar-refractivity contribution in [2.24, 2.45) is 5.73 Å². The molecule has 0 radical (unpaired) electrons. The maximum atomic E-state index is 10.8. The number of ether oxygens (including phenoxy) is 1. The number of para-hydroxylation sites is 1. The van der Waals surface area contributed by atoms with E-state index in [1.165, 1.54) is 0 Å². The molecular formula is C15H14Cl2N2O2. The van der Waals surface area contributed by atoms with Crippen molar-refractivity contribution in [1.82, 2.24) is 0 Å². The van der Waals surface area contributed by atoms with Crippen molar-refractivity contribution in [2.75, 3.05) is 11.9 Å². The van der Waals surface area contributed by atoms with Crippen LogP contribution in [-0.2, 0) is 11.3 Å². The number of halogens is 2. The van der Waals surface area contributed by atoms with Crippen molar-refractivity contribution in [3.63, 3.8) is 0 Å². The van der Waals surface area contributed by atoms with E-state index in [2.05, 4.69) is 5.32 Å². The maximum absolute atomic E-state index is 10.8. The molecule has 0 bridgehead atoms. The average molecular weight is 325 g/mol. The normalized spacial score (nSPS) is 10.2. The third-order valence-electron chi connectivity index (χ3n) is 2.74. The number of primary amides is 1. The lowest BCUT2D eigenvalue weighted by Gasteiger charge is -2.12. The first-order valence-electron chi connectivity index (χ1n) is 6.24. The van der Waals surface area contributed by atoms with Crippen LogP contribution in [0.15, 0.2) is 42.5 Å². The summed E-state index contributed by atoms with van der Waals surface area (Å²) in [4.78, 5) is 10.8. The summed E-state index contributed by atoms with van der Waals surface area (Å²) in [5.41, 5.74) is 6.74. The maximum Gasteiger partial charge on any atom is 0.255 e. The van der Waals surface area contributed by atoms with Crippen LogP contribution in [0.25, 0.3) is 0 Å². The van der Waals surface area contributed by atoms with Crippen LogP contribution in [0.2, 0.25) is 10.0 Å². The molecule has 0 saturated carbocycles. The molecule has 3 N–H and O–H groups in total. The van der Waals surface area contributed by atoms with Crippen molar-refractivity contribution >= 4 is 34.8 Å². The highest BCUT2D eigenvalue weighted by molar-refractivity contribution is 6.36. The van der Waals surface area contributed by atoms with Gasteiger partial charge < -0.3 is 15.8 Å². The highest BCUT2D eigenvalue weighted by atomic mass is 35.5. The van der Waals surface area contributed by atoms with Gasteiger partial charge in [0.15, 0.2) is 6.61 Å². The predicted molar refractivity (Wildman–Crippen MR) is 84.9 cm³/mol. The third kappa shape index (κ3) is 4.55.